The second kappa shape index (κ2) is 6.86. The number of amides is 1. The molecule has 0 aliphatic rings. The second-order valence-electron chi connectivity index (χ2n) is 3.28. The Morgan fingerprint density at radius 1 is 1.58 bits per heavy atom. The summed E-state index contributed by atoms with van der Waals surface area (Å²) >= 11 is 0. The lowest BCUT2D eigenvalue weighted by Gasteiger charge is -2.10. The molecule has 0 aliphatic heterocycles. The van der Waals surface area contributed by atoms with E-state index in [1.165, 1.54) is 18.2 Å². The van der Waals surface area contributed by atoms with Crippen molar-refractivity contribution in [2.45, 2.75) is 6.92 Å². The number of non-ortho nitro benzene ring substituents is 1. The van der Waals surface area contributed by atoms with Crippen LogP contribution in [0.3, 0.4) is 0 Å². The number of nitrogens with one attached hydrogen (secondary N) is 1. The maximum atomic E-state index is 11.3. The Labute approximate surface area is 109 Å². The van der Waals surface area contributed by atoms with Gasteiger partial charge >= 0.3 is 6.09 Å². The molecule has 0 atom stereocenters. The average Bonchev–Trinajstić information content (AvgIpc) is 2.37. The number of carbonyl (C=O) groups excluding carboxylic acids is 1. The van der Waals surface area contributed by atoms with Crippen LogP contribution in [-0.2, 0) is 4.74 Å². The number of nitro groups is 1. The van der Waals surface area contributed by atoms with Gasteiger partial charge in [-0.1, -0.05) is 5.92 Å². The van der Waals surface area contributed by atoms with Gasteiger partial charge in [0.15, 0.2) is 5.75 Å². The number of terminal acetylenes is 1. The van der Waals surface area contributed by atoms with Crippen molar-refractivity contribution in [2.75, 3.05) is 18.5 Å². The van der Waals surface area contributed by atoms with E-state index in [4.69, 9.17) is 15.9 Å². The van der Waals surface area contributed by atoms with E-state index in [0.29, 0.717) is 0 Å². The Kier molecular flexibility index (Phi) is 5.17. The average molecular weight is 264 g/mol. The van der Waals surface area contributed by atoms with Gasteiger partial charge in [0.25, 0.3) is 5.69 Å². The van der Waals surface area contributed by atoms with E-state index >= 15 is 0 Å². The topological polar surface area (TPSA) is 90.7 Å². The Hall–Kier alpha value is -2.75. The summed E-state index contributed by atoms with van der Waals surface area (Å²) in [5.74, 6) is 2.35. The van der Waals surface area contributed by atoms with Gasteiger partial charge in [-0.05, 0) is 13.0 Å². The monoisotopic (exact) mass is 264 g/mol. The second-order valence-corrected chi connectivity index (χ2v) is 3.28. The summed E-state index contributed by atoms with van der Waals surface area (Å²) in [4.78, 5) is 21.4. The summed E-state index contributed by atoms with van der Waals surface area (Å²) in [6.07, 6.45) is 4.37. The van der Waals surface area contributed by atoms with Crippen LogP contribution in [0.4, 0.5) is 16.2 Å². The minimum atomic E-state index is -0.679. The van der Waals surface area contributed by atoms with Crippen LogP contribution < -0.4 is 10.1 Å². The smallest absolute Gasteiger partial charge is 0.411 e. The highest BCUT2D eigenvalue weighted by Crippen LogP contribution is 2.29. The molecule has 7 heteroatoms. The largest absolute Gasteiger partial charge is 0.479 e. The highest BCUT2D eigenvalue weighted by atomic mass is 16.6. The van der Waals surface area contributed by atoms with E-state index < -0.39 is 11.0 Å². The summed E-state index contributed by atoms with van der Waals surface area (Å²) in [5, 5.41) is 13.1. The molecule has 0 heterocycles. The van der Waals surface area contributed by atoms with Crippen LogP contribution in [0.5, 0.6) is 5.75 Å². The maximum absolute atomic E-state index is 11.3. The van der Waals surface area contributed by atoms with Gasteiger partial charge in [0.05, 0.1) is 23.3 Å². The number of carbonyl (C=O) groups is 1. The Balaban J connectivity index is 2.98. The molecule has 0 aromatic heterocycles. The van der Waals surface area contributed by atoms with Gasteiger partial charge < -0.3 is 9.47 Å². The van der Waals surface area contributed by atoms with Crippen molar-refractivity contribution in [1.29, 1.82) is 0 Å². The molecule has 0 bridgehead atoms. The molecule has 1 amide bonds. The molecule has 1 rings (SSSR count). The lowest BCUT2D eigenvalue weighted by Crippen LogP contribution is -2.14. The molecule has 0 spiro atoms. The molecule has 0 unspecified atom stereocenters. The third-order valence-corrected chi connectivity index (χ3v) is 2.00. The summed E-state index contributed by atoms with van der Waals surface area (Å²) in [7, 11) is 0. The van der Waals surface area contributed by atoms with Crippen molar-refractivity contribution in [3.8, 4) is 18.1 Å². The summed E-state index contributed by atoms with van der Waals surface area (Å²) in [5.41, 5.74) is 0.0840. The van der Waals surface area contributed by atoms with Gasteiger partial charge in [-0.3, -0.25) is 15.4 Å². The Morgan fingerprint density at radius 3 is 2.89 bits per heavy atom. The van der Waals surface area contributed by atoms with Crippen LogP contribution >= 0.6 is 0 Å². The maximum Gasteiger partial charge on any atom is 0.411 e. The van der Waals surface area contributed by atoms with Crippen LogP contribution in [0.2, 0.25) is 0 Å². The molecule has 19 heavy (non-hydrogen) atoms. The number of benzene rings is 1. The van der Waals surface area contributed by atoms with Gasteiger partial charge in [-0.2, -0.15) is 0 Å². The van der Waals surface area contributed by atoms with Crippen molar-refractivity contribution in [3.63, 3.8) is 0 Å². The highest BCUT2D eigenvalue weighted by Gasteiger charge is 2.14. The van der Waals surface area contributed by atoms with E-state index in [0.717, 1.165) is 0 Å². The fraction of sp³-hybridized carbons (Fsp3) is 0.250. The number of nitro benzene ring substituents is 1. The third-order valence-electron chi connectivity index (χ3n) is 2.00. The SMILES string of the molecule is C#CCOc1cc([N+](=O)[O-])ccc1NC(=O)OCC. The Morgan fingerprint density at radius 2 is 2.32 bits per heavy atom. The first-order chi connectivity index (χ1) is 9.08. The number of nitrogens with zero attached hydrogens (tertiary/aromatic N) is 1. The molecule has 7 nitrogen and oxygen atoms in total. The lowest BCUT2D eigenvalue weighted by molar-refractivity contribution is -0.384. The molecule has 0 fully saturated rings. The summed E-state index contributed by atoms with van der Waals surface area (Å²) < 4.78 is 9.85. The van der Waals surface area contributed by atoms with Crippen LogP contribution in [0.25, 0.3) is 0 Å². The minimum Gasteiger partial charge on any atom is -0.479 e. The molecule has 0 saturated heterocycles. The van der Waals surface area contributed by atoms with Crippen molar-refractivity contribution < 1.29 is 19.2 Å². The lowest BCUT2D eigenvalue weighted by atomic mass is 10.2. The molecular formula is C12H12N2O5. The zero-order valence-corrected chi connectivity index (χ0v) is 10.2. The minimum absolute atomic E-state index is 0.0708. The van der Waals surface area contributed by atoms with Crippen LogP contribution in [-0.4, -0.2) is 24.2 Å². The first-order valence-electron chi connectivity index (χ1n) is 5.37. The number of hydrogen-bond donors (Lipinski definition) is 1. The van der Waals surface area contributed by atoms with Crippen molar-refractivity contribution in [1.82, 2.24) is 0 Å². The van der Waals surface area contributed by atoms with Crippen LogP contribution in [0.15, 0.2) is 18.2 Å². The molecule has 1 N–H and O–H groups in total. The fourth-order valence-electron chi connectivity index (χ4n) is 1.24. The first kappa shape index (κ1) is 14.3. The predicted molar refractivity (Wildman–Crippen MR) is 68.1 cm³/mol. The molecule has 0 saturated carbocycles. The van der Waals surface area contributed by atoms with Gasteiger partial charge in [0.1, 0.15) is 6.61 Å². The molecule has 100 valence electrons. The van der Waals surface area contributed by atoms with Crippen molar-refractivity contribution >= 4 is 17.5 Å². The number of rotatable bonds is 5. The number of hydrogen-bond acceptors (Lipinski definition) is 5. The molecular weight excluding hydrogens is 252 g/mol. The van der Waals surface area contributed by atoms with Gasteiger partial charge in [-0.25, -0.2) is 4.79 Å². The van der Waals surface area contributed by atoms with Crippen molar-refractivity contribution in [2.24, 2.45) is 0 Å². The number of ether oxygens (including phenoxy) is 2. The normalized spacial score (nSPS) is 9.26. The number of anilines is 1. The van der Waals surface area contributed by atoms with E-state index in [9.17, 15) is 14.9 Å². The van der Waals surface area contributed by atoms with Gasteiger partial charge in [0.2, 0.25) is 0 Å². The molecule has 1 aromatic rings. The highest BCUT2D eigenvalue weighted by molar-refractivity contribution is 5.87. The summed E-state index contributed by atoms with van der Waals surface area (Å²) in [6.45, 7) is 1.79. The predicted octanol–water partition coefficient (Wildman–Crippen LogP) is 2.18. The quantitative estimate of drug-likeness (QED) is 0.500. The molecule has 1 aromatic carbocycles. The zero-order valence-electron chi connectivity index (χ0n) is 10.2. The molecule has 0 aliphatic carbocycles. The molecule has 0 radical (unpaired) electrons. The van der Waals surface area contributed by atoms with E-state index in [1.807, 2.05) is 0 Å². The third kappa shape index (κ3) is 4.20. The van der Waals surface area contributed by atoms with Crippen LogP contribution in [0, 0.1) is 22.5 Å². The standard InChI is InChI=1S/C12H12N2O5/c1-3-7-19-11-8-9(14(16)17)5-6-10(11)13-12(15)18-4-2/h1,5-6,8H,4,7H2,2H3,(H,13,15). The van der Waals surface area contributed by atoms with E-state index in [2.05, 4.69) is 11.2 Å². The first-order valence-corrected chi connectivity index (χ1v) is 5.37. The zero-order chi connectivity index (χ0) is 14.3. The van der Waals surface area contributed by atoms with Gasteiger partial charge in [-0.15, -0.1) is 6.42 Å². The van der Waals surface area contributed by atoms with Crippen LogP contribution in [0.1, 0.15) is 6.92 Å². The van der Waals surface area contributed by atoms with Crippen molar-refractivity contribution in [3.05, 3.63) is 28.3 Å². The summed E-state index contributed by atoms with van der Waals surface area (Å²) in [6, 6.07) is 3.77. The van der Waals surface area contributed by atoms with Gasteiger partial charge in [0, 0.05) is 6.07 Å². The van der Waals surface area contributed by atoms with E-state index in [-0.39, 0.29) is 30.3 Å². The Bertz CT molecular complexity index is 521. The van der Waals surface area contributed by atoms with E-state index in [1.54, 1.807) is 6.92 Å². The fourth-order valence-corrected chi connectivity index (χ4v) is 1.24.